The van der Waals surface area contributed by atoms with Crippen LogP contribution in [-0.2, 0) is 0 Å². The van der Waals surface area contributed by atoms with Gasteiger partial charge in [0.2, 0.25) is 0 Å². The summed E-state index contributed by atoms with van der Waals surface area (Å²) in [6.45, 7) is 0.152. The standard InChI is InChI=1S/C15H13BrCl2FNO/c16-8-1-3-11(13(17)5-8)15(21)12(7-20)10-4-2-9(19)6-14(10)18/h1-6,12,15,21H,7,20H2. The molecule has 2 nitrogen and oxygen atoms in total. The molecule has 112 valence electrons. The second kappa shape index (κ2) is 7.07. The molecule has 0 radical (unpaired) electrons. The molecule has 2 unspecified atom stereocenters. The third-order valence-electron chi connectivity index (χ3n) is 3.28. The van der Waals surface area contributed by atoms with E-state index in [-0.39, 0.29) is 11.6 Å². The summed E-state index contributed by atoms with van der Waals surface area (Å²) in [4.78, 5) is 0. The molecule has 0 bridgehead atoms. The average molecular weight is 393 g/mol. The van der Waals surface area contributed by atoms with E-state index in [0.29, 0.717) is 16.1 Å². The van der Waals surface area contributed by atoms with Crippen LogP contribution in [0, 0.1) is 5.82 Å². The van der Waals surface area contributed by atoms with Gasteiger partial charge in [0.15, 0.2) is 0 Å². The third kappa shape index (κ3) is 3.76. The molecule has 0 amide bonds. The van der Waals surface area contributed by atoms with Gasteiger partial charge in [-0.1, -0.05) is 51.3 Å². The zero-order valence-electron chi connectivity index (χ0n) is 10.9. The lowest BCUT2D eigenvalue weighted by Gasteiger charge is -2.24. The number of benzene rings is 2. The Labute approximate surface area is 140 Å². The van der Waals surface area contributed by atoms with Gasteiger partial charge in [-0.05, 0) is 35.4 Å². The van der Waals surface area contributed by atoms with Crippen LogP contribution in [0.2, 0.25) is 10.0 Å². The molecule has 6 heteroatoms. The van der Waals surface area contributed by atoms with E-state index in [9.17, 15) is 9.50 Å². The first-order chi connectivity index (χ1) is 9.93. The quantitative estimate of drug-likeness (QED) is 0.793. The Morgan fingerprint density at radius 2 is 1.71 bits per heavy atom. The SMILES string of the molecule is NCC(c1ccc(F)cc1Cl)C(O)c1ccc(Br)cc1Cl. The van der Waals surface area contributed by atoms with Gasteiger partial charge in [0.1, 0.15) is 5.82 Å². The summed E-state index contributed by atoms with van der Waals surface area (Å²) >= 11 is 15.5. The highest BCUT2D eigenvalue weighted by atomic mass is 79.9. The van der Waals surface area contributed by atoms with E-state index in [0.717, 1.165) is 4.47 Å². The lowest BCUT2D eigenvalue weighted by atomic mass is 9.89. The Morgan fingerprint density at radius 1 is 1.10 bits per heavy atom. The molecule has 0 saturated carbocycles. The normalized spacial score (nSPS) is 14.0. The molecule has 2 aromatic carbocycles. The molecule has 0 aromatic heterocycles. The Kier molecular flexibility index (Phi) is 5.63. The van der Waals surface area contributed by atoms with E-state index < -0.39 is 17.8 Å². The first-order valence-corrected chi connectivity index (χ1v) is 7.77. The molecule has 0 heterocycles. The van der Waals surface area contributed by atoms with Crippen LogP contribution in [0.4, 0.5) is 4.39 Å². The maximum atomic E-state index is 13.1. The van der Waals surface area contributed by atoms with Gasteiger partial charge < -0.3 is 10.8 Å². The molecule has 0 aliphatic heterocycles. The molecule has 3 N–H and O–H groups in total. The van der Waals surface area contributed by atoms with Crippen LogP contribution in [0.15, 0.2) is 40.9 Å². The fraction of sp³-hybridized carbons (Fsp3) is 0.200. The summed E-state index contributed by atoms with van der Waals surface area (Å²) in [7, 11) is 0. The van der Waals surface area contributed by atoms with Crippen molar-refractivity contribution in [2.45, 2.75) is 12.0 Å². The molecule has 0 aliphatic rings. The zero-order chi connectivity index (χ0) is 15.6. The van der Waals surface area contributed by atoms with E-state index in [4.69, 9.17) is 28.9 Å². The second-order valence-corrected chi connectivity index (χ2v) is 6.35. The van der Waals surface area contributed by atoms with Gasteiger partial charge in [-0.15, -0.1) is 0 Å². The Hall–Kier alpha value is -0.650. The highest BCUT2D eigenvalue weighted by molar-refractivity contribution is 9.10. The maximum Gasteiger partial charge on any atom is 0.124 e. The summed E-state index contributed by atoms with van der Waals surface area (Å²) < 4.78 is 14.0. The molecule has 2 atom stereocenters. The van der Waals surface area contributed by atoms with Crippen LogP contribution >= 0.6 is 39.1 Å². The number of aliphatic hydroxyl groups is 1. The van der Waals surface area contributed by atoms with Crippen LogP contribution in [0.1, 0.15) is 23.1 Å². The van der Waals surface area contributed by atoms with Gasteiger partial charge >= 0.3 is 0 Å². The number of aliphatic hydroxyl groups excluding tert-OH is 1. The highest BCUT2D eigenvalue weighted by Crippen LogP contribution is 2.37. The van der Waals surface area contributed by atoms with E-state index in [1.807, 2.05) is 0 Å². The van der Waals surface area contributed by atoms with Crippen LogP contribution in [0.5, 0.6) is 0 Å². The molecule has 0 spiro atoms. The van der Waals surface area contributed by atoms with E-state index in [2.05, 4.69) is 15.9 Å². The predicted octanol–water partition coefficient (Wildman–Crippen LogP) is 4.67. The Morgan fingerprint density at radius 3 is 2.29 bits per heavy atom. The van der Waals surface area contributed by atoms with Crippen molar-refractivity contribution in [2.24, 2.45) is 5.73 Å². The summed E-state index contributed by atoms with van der Waals surface area (Å²) in [6.07, 6.45) is -0.932. The number of hydrogen-bond donors (Lipinski definition) is 2. The first kappa shape index (κ1) is 16.7. The number of rotatable bonds is 4. The summed E-state index contributed by atoms with van der Waals surface area (Å²) in [5, 5.41) is 11.2. The van der Waals surface area contributed by atoms with Crippen molar-refractivity contribution < 1.29 is 9.50 Å². The average Bonchev–Trinajstić information content (AvgIpc) is 2.41. The molecule has 0 aliphatic carbocycles. The van der Waals surface area contributed by atoms with Gasteiger partial charge in [-0.25, -0.2) is 4.39 Å². The van der Waals surface area contributed by atoms with Crippen molar-refractivity contribution in [3.63, 3.8) is 0 Å². The first-order valence-electron chi connectivity index (χ1n) is 6.22. The molecular formula is C15H13BrCl2FNO. The van der Waals surface area contributed by atoms with Crippen LogP contribution in [-0.4, -0.2) is 11.7 Å². The highest BCUT2D eigenvalue weighted by Gasteiger charge is 2.25. The number of halogens is 4. The predicted molar refractivity (Wildman–Crippen MR) is 87.3 cm³/mol. The summed E-state index contributed by atoms with van der Waals surface area (Å²) in [5.74, 6) is -0.910. The van der Waals surface area contributed by atoms with Crippen molar-refractivity contribution in [3.05, 3.63) is 67.9 Å². The topological polar surface area (TPSA) is 46.2 Å². The minimum atomic E-state index is -0.932. The zero-order valence-corrected chi connectivity index (χ0v) is 14.0. The summed E-state index contributed by atoms with van der Waals surface area (Å²) in [5.41, 5.74) is 6.91. The van der Waals surface area contributed by atoms with Gasteiger partial charge in [-0.2, -0.15) is 0 Å². The lowest BCUT2D eigenvalue weighted by molar-refractivity contribution is 0.147. The molecule has 21 heavy (non-hydrogen) atoms. The van der Waals surface area contributed by atoms with Crippen LogP contribution in [0.25, 0.3) is 0 Å². The number of nitrogens with two attached hydrogens (primary N) is 1. The second-order valence-electron chi connectivity index (χ2n) is 4.62. The summed E-state index contributed by atoms with van der Waals surface area (Å²) in [6, 6.07) is 9.22. The van der Waals surface area contributed by atoms with Crippen LogP contribution < -0.4 is 5.73 Å². The van der Waals surface area contributed by atoms with Gasteiger partial charge in [0.25, 0.3) is 0 Å². The molecule has 2 rings (SSSR count). The smallest absolute Gasteiger partial charge is 0.124 e. The van der Waals surface area contributed by atoms with Crippen molar-refractivity contribution in [1.82, 2.24) is 0 Å². The van der Waals surface area contributed by atoms with Crippen molar-refractivity contribution in [2.75, 3.05) is 6.54 Å². The van der Waals surface area contributed by atoms with Crippen molar-refractivity contribution >= 4 is 39.1 Å². The Bertz CT molecular complexity index is 654. The van der Waals surface area contributed by atoms with Crippen molar-refractivity contribution in [3.8, 4) is 0 Å². The monoisotopic (exact) mass is 391 g/mol. The fourth-order valence-corrected chi connectivity index (χ4v) is 3.28. The van der Waals surface area contributed by atoms with Gasteiger partial charge in [0, 0.05) is 27.0 Å². The van der Waals surface area contributed by atoms with Gasteiger partial charge in [0.05, 0.1) is 6.10 Å². The lowest BCUT2D eigenvalue weighted by Crippen LogP contribution is -2.21. The molecular weight excluding hydrogens is 380 g/mol. The molecule has 2 aromatic rings. The van der Waals surface area contributed by atoms with E-state index >= 15 is 0 Å². The minimum Gasteiger partial charge on any atom is -0.388 e. The maximum absolute atomic E-state index is 13.1. The molecule has 0 saturated heterocycles. The fourth-order valence-electron chi connectivity index (χ4n) is 2.19. The molecule has 0 fully saturated rings. The van der Waals surface area contributed by atoms with Crippen molar-refractivity contribution in [1.29, 1.82) is 0 Å². The minimum absolute atomic E-state index is 0.152. The largest absolute Gasteiger partial charge is 0.388 e. The Balaban J connectivity index is 2.40. The third-order valence-corrected chi connectivity index (χ3v) is 4.43. The van der Waals surface area contributed by atoms with E-state index in [1.54, 1.807) is 18.2 Å². The van der Waals surface area contributed by atoms with Gasteiger partial charge in [-0.3, -0.25) is 0 Å². The van der Waals surface area contributed by atoms with Crippen LogP contribution in [0.3, 0.4) is 0 Å². The number of hydrogen-bond acceptors (Lipinski definition) is 2. The van der Waals surface area contributed by atoms with E-state index in [1.165, 1.54) is 18.2 Å².